The van der Waals surface area contributed by atoms with E-state index in [1.54, 1.807) is 0 Å². The minimum atomic E-state index is 0.612. The number of rotatable bonds is 3. The highest BCUT2D eigenvalue weighted by Gasteiger charge is 2.06. The summed E-state index contributed by atoms with van der Waals surface area (Å²) in [6.07, 6.45) is 4.22. The second-order valence-corrected chi connectivity index (χ2v) is 5.85. The van der Waals surface area contributed by atoms with Crippen LogP contribution >= 0.6 is 11.6 Å². The zero-order valence-electron chi connectivity index (χ0n) is 13.8. The number of benzene rings is 1. The van der Waals surface area contributed by atoms with Gasteiger partial charge in [0.25, 0.3) is 0 Å². The molecule has 2 aromatic rings. The summed E-state index contributed by atoms with van der Waals surface area (Å²) in [5, 5.41) is 15.3. The summed E-state index contributed by atoms with van der Waals surface area (Å²) < 4.78 is 0. The van der Waals surface area contributed by atoms with E-state index in [0.29, 0.717) is 10.8 Å². The largest absolute Gasteiger partial charge is 0.367 e. The molecule has 1 aromatic heterocycles. The van der Waals surface area contributed by atoms with Crippen molar-refractivity contribution in [1.82, 2.24) is 20.5 Å². The SMILES string of the molecule is C1CCNCC1.CCNc1nnc(-c2ccc(Cl)cc2)nc1C. The number of hydrogen-bond donors (Lipinski definition) is 2. The Morgan fingerprint density at radius 1 is 1.09 bits per heavy atom. The maximum Gasteiger partial charge on any atom is 0.182 e. The van der Waals surface area contributed by atoms with Crippen molar-refractivity contribution >= 4 is 17.4 Å². The van der Waals surface area contributed by atoms with Gasteiger partial charge in [-0.3, -0.25) is 0 Å². The first-order chi connectivity index (χ1) is 11.2. The van der Waals surface area contributed by atoms with Gasteiger partial charge < -0.3 is 10.6 Å². The average Bonchev–Trinajstić information content (AvgIpc) is 2.60. The number of aromatic nitrogens is 3. The Morgan fingerprint density at radius 3 is 2.26 bits per heavy atom. The van der Waals surface area contributed by atoms with Gasteiger partial charge in [0, 0.05) is 17.1 Å². The topological polar surface area (TPSA) is 62.7 Å². The zero-order chi connectivity index (χ0) is 16.5. The van der Waals surface area contributed by atoms with Gasteiger partial charge in [-0.15, -0.1) is 10.2 Å². The fourth-order valence-electron chi connectivity index (χ4n) is 2.26. The van der Waals surface area contributed by atoms with E-state index in [1.807, 2.05) is 38.1 Å². The Morgan fingerprint density at radius 2 is 1.78 bits per heavy atom. The van der Waals surface area contributed by atoms with Gasteiger partial charge >= 0.3 is 0 Å². The summed E-state index contributed by atoms with van der Waals surface area (Å²) in [5.41, 5.74) is 1.75. The summed E-state index contributed by atoms with van der Waals surface area (Å²) >= 11 is 5.83. The van der Waals surface area contributed by atoms with Crippen molar-refractivity contribution in [3.8, 4) is 11.4 Å². The number of anilines is 1. The molecule has 1 aliphatic rings. The van der Waals surface area contributed by atoms with Crippen molar-refractivity contribution < 1.29 is 0 Å². The van der Waals surface area contributed by atoms with Crippen LogP contribution in [-0.4, -0.2) is 34.8 Å². The number of piperidine rings is 1. The number of nitrogens with one attached hydrogen (secondary N) is 2. The molecule has 0 spiro atoms. The van der Waals surface area contributed by atoms with Crippen LogP contribution < -0.4 is 10.6 Å². The van der Waals surface area contributed by atoms with E-state index in [0.717, 1.165) is 23.6 Å². The molecule has 0 bridgehead atoms. The van der Waals surface area contributed by atoms with E-state index in [2.05, 4.69) is 25.8 Å². The number of nitrogens with zero attached hydrogens (tertiary/aromatic N) is 3. The van der Waals surface area contributed by atoms with Crippen LogP contribution in [0.2, 0.25) is 5.02 Å². The van der Waals surface area contributed by atoms with Crippen LogP contribution in [0.25, 0.3) is 11.4 Å². The molecule has 0 unspecified atom stereocenters. The van der Waals surface area contributed by atoms with Gasteiger partial charge in [-0.25, -0.2) is 4.98 Å². The van der Waals surface area contributed by atoms with Crippen LogP contribution in [0.3, 0.4) is 0 Å². The molecule has 3 rings (SSSR count). The predicted molar refractivity (Wildman–Crippen MR) is 95.9 cm³/mol. The molecule has 5 nitrogen and oxygen atoms in total. The molecule has 124 valence electrons. The van der Waals surface area contributed by atoms with Gasteiger partial charge in [-0.2, -0.15) is 0 Å². The smallest absolute Gasteiger partial charge is 0.182 e. The third kappa shape index (κ3) is 5.77. The molecular formula is C17H24ClN5. The standard InChI is InChI=1S/C12H13ClN4.C5H11N/c1-3-14-11-8(2)15-12(17-16-11)9-4-6-10(13)7-5-9;1-2-4-6-5-3-1/h4-7H,3H2,1-2H3,(H,14,16);6H,1-5H2. The van der Waals surface area contributed by atoms with E-state index in [4.69, 9.17) is 11.6 Å². The van der Waals surface area contributed by atoms with Gasteiger partial charge in [0.15, 0.2) is 11.6 Å². The Balaban J connectivity index is 0.000000268. The molecule has 0 radical (unpaired) electrons. The van der Waals surface area contributed by atoms with Gasteiger partial charge in [-0.1, -0.05) is 18.0 Å². The maximum absolute atomic E-state index is 5.83. The molecule has 1 saturated heterocycles. The summed E-state index contributed by atoms with van der Waals surface area (Å²) in [6.45, 7) is 7.22. The molecule has 2 heterocycles. The normalized spacial score (nSPS) is 13.9. The summed E-state index contributed by atoms with van der Waals surface area (Å²) in [6, 6.07) is 7.39. The highest BCUT2D eigenvalue weighted by Crippen LogP contribution is 2.19. The second kappa shape index (κ2) is 9.43. The molecular weight excluding hydrogens is 310 g/mol. The lowest BCUT2D eigenvalue weighted by Crippen LogP contribution is -2.21. The van der Waals surface area contributed by atoms with Crippen LogP contribution in [0.5, 0.6) is 0 Å². The highest BCUT2D eigenvalue weighted by atomic mass is 35.5. The van der Waals surface area contributed by atoms with Gasteiger partial charge in [0.1, 0.15) is 0 Å². The monoisotopic (exact) mass is 333 g/mol. The Kier molecular flexibility index (Phi) is 7.23. The number of hydrogen-bond acceptors (Lipinski definition) is 5. The van der Waals surface area contributed by atoms with Gasteiger partial charge in [0.2, 0.25) is 0 Å². The predicted octanol–water partition coefficient (Wildman–Crippen LogP) is 3.69. The van der Waals surface area contributed by atoms with Crippen molar-refractivity contribution in [1.29, 1.82) is 0 Å². The lowest BCUT2D eigenvalue weighted by Gasteiger charge is -2.08. The molecule has 0 saturated carbocycles. The van der Waals surface area contributed by atoms with Crippen molar-refractivity contribution in [2.75, 3.05) is 25.0 Å². The molecule has 1 aliphatic heterocycles. The maximum atomic E-state index is 5.83. The van der Waals surface area contributed by atoms with Crippen LogP contribution in [0.1, 0.15) is 31.9 Å². The summed E-state index contributed by atoms with van der Waals surface area (Å²) in [7, 11) is 0. The third-order valence-electron chi connectivity index (χ3n) is 3.51. The molecule has 0 amide bonds. The van der Waals surface area contributed by atoms with E-state index in [1.165, 1.54) is 32.4 Å². The number of aryl methyl sites for hydroxylation is 1. The lowest BCUT2D eigenvalue weighted by atomic mass is 10.2. The second-order valence-electron chi connectivity index (χ2n) is 5.42. The van der Waals surface area contributed by atoms with E-state index in [-0.39, 0.29) is 0 Å². The van der Waals surface area contributed by atoms with E-state index < -0.39 is 0 Å². The van der Waals surface area contributed by atoms with Crippen LogP contribution in [0, 0.1) is 6.92 Å². The molecule has 1 aromatic carbocycles. The summed E-state index contributed by atoms with van der Waals surface area (Å²) in [4.78, 5) is 4.41. The first kappa shape index (κ1) is 17.6. The Hall–Kier alpha value is -1.72. The summed E-state index contributed by atoms with van der Waals surface area (Å²) in [5.74, 6) is 1.34. The fraction of sp³-hybridized carbons (Fsp3) is 0.471. The van der Waals surface area contributed by atoms with Crippen molar-refractivity contribution in [2.45, 2.75) is 33.1 Å². The van der Waals surface area contributed by atoms with Gasteiger partial charge in [0.05, 0.1) is 5.69 Å². The average molecular weight is 334 g/mol. The molecule has 0 atom stereocenters. The van der Waals surface area contributed by atoms with Gasteiger partial charge in [-0.05, 0) is 64.0 Å². The highest BCUT2D eigenvalue weighted by molar-refractivity contribution is 6.30. The molecule has 6 heteroatoms. The van der Waals surface area contributed by atoms with Crippen LogP contribution in [0.15, 0.2) is 24.3 Å². The van der Waals surface area contributed by atoms with E-state index >= 15 is 0 Å². The molecule has 0 aliphatic carbocycles. The fourth-order valence-corrected chi connectivity index (χ4v) is 2.38. The van der Waals surface area contributed by atoms with Crippen molar-refractivity contribution in [3.63, 3.8) is 0 Å². The first-order valence-electron chi connectivity index (χ1n) is 8.12. The van der Waals surface area contributed by atoms with Crippen molar-refractivity contribution in [2.24, 2.45) is 0 Å². The molecule has 2 N–H and O–H groups in total. The zero-order valence-corrected chi connectivity index (χ0v) is 14.5. The third-order valence-corrected chi connectivity index (χ3v) is 3.77. The first-order valence-corrected chi connectivity index (χ1v) is 8.50. The minimum absolute atomic E-state index is 0.612. The molecule has 23 heavy (non-hydrogen) atoms. The van der Waals surface area contributed by atoms with Crippen LogP contribution in [0.4, 0.5) is 5.82 Å². The Bertz CT molecular complexity index is 585. The van der Waals surface area contributed by atoms with Crippen molar-refractivity contribution in [3.05, 3.63) is 35.0 Å². The van der Waals surface area contributed by atoms with E-state index in [9.17, 15) is 0 Å². The number of halogens is 1. The van der Waals surface area contributed by atoms with Crippen LogP contribution in [-0.2, 0) is 0 Å². The molecule has 1 fully saturated rings. The minimum Gasteiger partial charge on any atom is -0.367 e. The quantitative estimate of drug-likeness (QED) is 0.896. The lowest BCUT2D eigenvalue weighted by molar-refractivity contribution is 0.520. The Labute approximate surface area is 142 Å².